The van der Waals surface area contributed by atoms with Crippen molar-refractivity contribution in [3.05, 3.63) is 65.2 Å². The lowest BCUT2D eigenvalue weighted by Crippen LogP contribution is -2.28. The highest BCUT2D eigenvalue weighted by Gasteiger charge is 2.19. The Balaban J connectivity index is 1.95. The van der Waals surface area contributed by atoms with Gasteiger partial charge in [-0.15, -0.1) is 0 Å². The number of amides is 1. The van der Waals surface area contributed by atoms with Crippen LogP contribution in [-0.4, -0.2) is 20.1 Å². The summed E-state index contributed by atoms with van der Waals surface area (Å²) in [6.45, 7) is 1.86. The van der Waals surface area contributed by atoms with Gasteiger partial charge in [-0.25, -0.2) is 8.42 Å². The van der Waals surface area contributed by atoms with Crippen LogP contribution >= 0.6 is 11.6 Å². The number of sulfone groups is 1. The number of hydrogen-bond acceptors (Lipinski definition) is 3. The van der Waals surface area contributed by atoms with Crippen molar-refractivity contribution in [2.45, 2.75) is 24.3 Å². The quantitative estimate of drug-likeness (QED) is 0.867. The van der Waals surface area contributed by atoms with Crippen LogP contribution in [0.25, 0.3) is 0 Å². The molecular weight excluding hydrogens is 334 g/mol. The largest absolute Gasteiger partial charge is 0.350 e. The van der Waals surface area contributed by atoms with E-state index in [0.29, 0.717) is 0 Å². The van der Waals surface area contributed by atoms with E-state index in [2.05, 4.69) is 5.32 Å². The normalized spacial score (nSPS) is 12.6. The van der Waals surface area contributed by atoms with Crippen molar-refractivity contribution in [3.63, 3.8) is 0 Å². The summed E-state index contributed by atoms with van der Waals surface area (Å²) >= 11 is 5.91. The molecule has 0 saturated heterocycles. The van der Waals surface area contributed by atoms with Crippen molar-refractivity contribution < 1.29 is 13.2 Å². The van der Waals surface area contributed by atoms with Gasteiger partial charge in [-0.05, 0) is 24.6 Å². The molecular formula is C17H18ClNO3S. The molecule has 1 N–H and O–H groups in total. The van der Waals surface area contributed by atoms with Gasteiger partial charge in [0.05, 0.1) is 21.7 Å². The highest BCUT2D eigenvalue weighted by Crippen LogP contribution is 2.22. The van der Waals surface area contributed by atoms with Crippen LogP contribution in [0.5, 0.6) is 0 Å². The summed E-state index contributed by atoms with van der Waals surface area (Å²) in [5.41, 5.74) is 0.967. The molecule has 0 bridgehead atoms. The number of halogens is 1. The minimum Gasteiger partial charge on any atom is -0.350 e. The molecule has 1 unspecified atom stereocenters. The maximum atomic E-state index is 12.2. The van der Waals surface area contributed by atoms with Gasteiger partial charge in [0.25, 0.3) is 0 Å². The first-order valence-corrected chi connectivity index (χ1v) is 9.25. The number of carbonyl (C=O) groups is 1. The summed E-state index contributed by atoms with van der Waals surface area (Å²) in [5, 5.41) is 2.97. The SMILES string of the molecule is CC(NC(=O)CCS(=O)(=O)c1ccccc1Cl)c1ccccc1. The molecule has 6 heteroatoms. The molecule has 0 aliphatic carbocycles. The van der Waals surface area contributed by atoms with E-state index in [1.54, 1.807) is 12.1 Å². The zero-order chi connectivity index (χ0) is 16.9. The van der Waals surface area contributed by atoms with Crippen LogP contribution in [-0.2, 0) is 14.6 Å². The molecule has 2 rings (SSSR count). The third kappa shape index (κ3) is 4.81. The van der Waals surface area contributed by atoms with Crippen LogP contribution in [0.15, 0.2) is 59.5 Å². The average molecular weight is 352 g/mol. The molecule has 2 aromatic carbocycles. The predicted octanol–water partition coefficient (Wildman–Crippen LogP) is 3.38. The summed E-state index contributed by atoms with van der Waals surface area (Å²) in [7, 11) is -3.58. The summed E-state index contributed by atoms with van der Waals surface area (Å²) < 4.78 is 24.5. The molecule has 0 radical (unpaired) electrons. The van der Waals surface area contributed by atoms with E-state index in [0.717, 1.165) is 5.56 Å². The molecule has 0 aliphatic rings. The molecule has 0 aliphatic heterocycles. The average Bonchev–Trinajstić information content (AvgIpc) is 2.54. The maximum Gasteiger partial charge on any atom is 0.221 e. The van der Waals surface area contributed by atoms with Gasteiger partial charge in [-0.3, -0.25) is 4.79 Å². The molecule has 23 heavy (non-hydrogen) atoms. The molecule has 0 heterocycles. The smallest absolute Gasteiger partial charge is 0.221 e. The fourth-order valence-electron chi connectivity index (χ4n) is 2.17. The second-order valence-electron chi connectivity index (χ2n) is 5.20. The number of benzene rings is 2. The third-order valence-corrected chi connectivity index (χ3v) is 5.66. The second kappa shape index (κ2) is 7.62. The van der Waals surface area contributed by atoms with Crippen molar-refractivity contribution in [1.82, 2.24) is 5.32 Å². The molecule has 2 aromatic rings. The van der Waals surface area contributed by atoms with Gasteiger partial charge in [0.2, 0.25) is 5.91 Å². The standard InChI is InChI=1S/C17H18ClNO3S/c1-13(14-7-3-2-4-8-14)19-17(20)11-12-23(21,22)16-10-6-5-9-15(16)18/h2-10,13H,11-12H2,1H3,(H,19,20). The van der Waals surface area contributed by atoms with Gasteiger partial charge in [-0.1, -0.05) is 54.1 Å². The van der Waals surface area contributed by atoms with Crippen molar-refractivity contribution in [2.24, 2.45) is 0 Å². The van der Waals surface area contributed by atoms with E-state index in [1.165, 1.54) is 12.1 Å². The highest BCUT2D eigenvalue weighted by molar-refractivity contribution is 7.91. The van der Waals surface area contributed by atoms with Gasteiger partial charge in [-0.2, -0.15) is 0 Å². The predicted molar refractivity (Wildman–Crippen MR) is 91.1 cm³/mol. The molecule has 1 amide bonds. The van der Waals surface area contributed by atoms with E-state index < -0.39 is 9.84 Å². The summed E-state index contributed by atoms with van der Waals surface area (Å²) in [6.07, 6.45) is -0.106. The number of hydrogen-bond donors (Lipinski definition) is 1. The van der Waals surface area contributed by atoms with E-state index in [9.17, 15) is 13.2 Å². The number of carbonyl (C=O) groups excluding carboxylic acids is 1. The van der Waals surface area contributed by atoms with Crippen LogP contribution in [0.1, 0.15) is 24.9 Å². The Morgan fingerprint density at radius 3 is 2.35 bits per heavy atom. The van der Waals surface area contributed by atoms with Crippen LogP contribution in [0, 0.1) is 0 Å². The molecule has 0 spiro atoms. The van der Waals surface area contributed by atoms with Crippen LogP contribution in [0.4, 0.5) is 0 Å². The van der Waals surface area contributed by atoms with E-state index in [4.69, 9.17) is 11.6 Å². The Labute approximate surface area is 141 Å². The topological polar surface area (TPSA) is 63.2 Å². The molecule has 1 atom stereocenters. The Bertz CT molecular complexity index is 775. The highest BCUT2D eigenvalue weighted by atomic mass is 35.5. The first-order chi connectivity index (χ1) is 10.9. The van der Waals surface area contributed by atoms with Crippen molar-refractivity contribution in [2.75, 3.05) is 5.75 Å². The maximum absolute atomic E-state index is 12.2. The minimum absolute atomic E-state index is 0.0607. The van der Waals surface area contributed by atoms with Gasteiger partial charge in [0, 0.05) is 6.42 Å². The van der Waals surface area contributed by atoms with Crippen LogP contribution in [0.3, 0.4) is 0 Å². The van der Waals surface area contributed by atoms with Gasteiger partial charge in [0.15, 0.2) is 9.84 Å². The van der Waals surface area contributed by atoms with Crippen LogP contribution in [0.2, 0.25) is 5.02 Å². The lowest BCUT2D eigenvalue weighted by Gasteiger charge is -2.14. The summed E-state index contributed by atoms with van der Waals surface area (Å²) in [4.78, 5) is 12.0. The Morgan fingerprint density at radius 1 is 1.09 bits per heavy atom. The Hall–Kier alpha value is -1.85. The summed E-state index contributed by atoms with van der Waals surface area (Å²) in [5.74, 6) is -0.582. The molecule has 0 saturated carbocycles. The molecule has 122 valence electrons. The Kier molecular flexibility index (Phi) is 5.80. The van der Waals surface area contributed by atoms with Gasteiger partial charge in [0.1, 0.15) is 0 Å². The lowest BCUT2D eigenvalue weighted by molar-refractivity contribution is -0.121. The van der Waals surface area contributed by atoms with E-state index >= 15 is 0 Å². The first-order valence-electron chi connectivity index (χ1n) is 7.22. The van der Waals surface area contributed by atoms with E-state index in [1.807, 2.05) is 37.3 Å². The van der Waals surface area contributed by atoms with Crippen LogP contribution < -0.4 is 5.32 Å². The van der Waals surface area contributed by atoms with E-state index in [-0.39, 0.29) is 34.0 Å². The second-order valence-corrected chi connectivity index (χ2v) is 7.68. The monoisotopic (exact) mass is 351 g/mol. The van der Waals surface area contributed by atoms with Gasteiger partial charge >= 0.3 is 0 Å². The summed E-state index contributed by atoms with van der Waals surface area (Å²) in [6, 6.07) is 15.6. The van der Waals surface area contributed by atoms with Gasteiger partial charge < -0.3 is 5.32 Å². The lowest BCUT2D eigenvalue weighted by atomic mass is 10.1. The zero-order valence-electron chi connectivity index (χ0n) is 12.7. The first kappa shape index (κ1) is 17.5. The fraction of sp³-hybridized carbons (Fsp3) is 0.235. The minimum atomic E-state index is -3.58. The third-order valence-electron chi connectivity index (χ3n) is 3.45. The molecule has 4 nitrogen and oxygen atoms in total. The Morgan fingerprint density at radius 2 is 1.70 bits per heavy atom. The van der Waals surface area contributed by atoms with Crippen molar-refractivity contribution in [3.8, 4) is 0 Å². The molecule has 0 fully saturated rings. The van der Waals surface area contributed by atoms with Crippen molar-refractivity contribution >= 4 is 27.3 Å². The fourth-order valence-corrected chi connectivity index (χ4v) is 3.99. The van der Waals surface area contributed by atoms with Crippen molar-refractivity contribution in [1.29, 1.82) is 0 Å². The molecule has 0 aromatic heterocycles. The number of nitrogens with one attached hydrogen (secondary N) is 1. The zero-order valence-corrected chi connectivity index (χ0v) is 14.3. The number of rotatable bonds is 6.